The first-order chi connectivity index (χ1) is 15.4. The molecular weight excluding hydrogens is 434 g/mol. The van der Waals surface area contributed by atoms with Gasteiger partial charge in [0.15, 0.2) is 11.5 Å². The molecule has 1 fully saturated rings. The van der Waals surface area contributed by atoms with Gasteiger partial charge in [-0.05, 0) is 44.0 Å². The van der Waals surface area contributed by atoms with E-state index < -0.39 is 10.0 Å². The fourth-order valence-corrected chi connectivity index (χ4v) is 5.20. The van der Waals surface area contributed by atoms with Crippen molar-refractivity contribution >= 4 is 16.0 Å². The first kappa shape index (κ1) is 22.4. The zero-order valence-electron chi connectivity index (χ0n) is 18.0. The molecule has 0 atom stereocenters. The number of esters is 1. The summed E-state index contributed by atoms with van der Waals surface area (Å²) in [7, 11) is -3.67. The summed E-state index contributed by atoms with van der Waals surface area (Å²) in [5, 5.41) is 0. The summed E-state index contributed by atoms with van der Waals surface area (Å²) in [6.45, 7) is 3.78. The summed E-state index contributed by atoms with van der Waals surface area (Å²) >= 11 is 0. The first-order valence-electron chi connectivity index (χ1n) is 10.7. The van der Waals surface area contributed by atoms with Crippen molar-refractivity contribution < 1.29 is 32.2 Å². The number of ether oxygens (including phenoxy) is 4. The number of hydrogen-bond acceptors (Lipinski definition) is 7. The van der Waals surface area contributed by atoms with Gasteiger partial charge in [0.05, 0.1) is 10.8 Å². The van der Waals surface area contributed by atoms with Crippen molar-refractivity contribution in [2.75, 3.05) is 39.5 Å². The third kappa shape index (κ3) is 5.16. The zero-order chi connectivity index (χ0) is 22.6. The van der Waals surface area contributed by atoms with Gasteiger partial charge in [-0.3, -0.25) is 4.79 Å². The van der Waals surface area contributed by atoms with Crippen molar-refractivity contribution in [2.24, 2.45) is 5.92 Å². The fourth-order valence-electron chi connectivity index (χ4n) is 3.72. The van der Waals surface area contributed by atoms with Gasteiger partial charge < -0.3 is 18.9 Å². The Morgan fingerprint density at radius 2 is 1.69 bits per heavy atom. The van der Waals surface area contributed by atoms with E-state index in [1.54, 1.807) is 6.07 Å². The van der Waals surface area contributed by atoms with Gasteiger partial charge in [-0.15, -0.1) is 0 Å². The van der Waals surface area contributed by atoms with Gasteiger partial charge in [0.1, 0.15) is 32.2 Å². The molecule has 0 bridgehead atoms. The van der Waals surface area contributed by atoms with E-state index >= 15 is 0 Å². The van der Waals surface area contributed by atoms with Gasteiger partial charge >= 0.3 is 5.97 Å². The molecule has 172 valence electrons. The van der Waals surface area contributed by atoms with E-state index in [1.807, 2.05) is 31.2 Å². The summed E-state index contributed by atoms with van der Waals surface area (Å²) in [6.07, 6.45) is 0.836. The van der Waals surface area contributed by atoms with Crippen LogP contribution in [0.15, 0.2) is 47.4 Å². The Bertz CT molecular complexity index is 1040. The molecule has 1 saturated heterocycles. The maximum absolute atomic E-state index is 13.0. The van der Waals surface area contributed by atoms with Crippen LogP contribution in [0.25, 0.3) is 0 Å². The van der Waals surface area contributed by atoms with E-state index in [1.165, 1.54) is 16.4 Å². The number of carbonyl (C=O) groups excluding carboxylic acids is 1. The van der Waals surface area contributed by atoms with Crippen molar-refractivity contribution in [1.29, 1.82) is 0 Å². The van der Waals surface area contributed by atoms with Crippen LogP contribution in [0, 0.1) is 12.8 Å². The summed E-state index contributed by atoms with van der Waals surface area (Å²) in [5.74, 6) is 1.07. The van der Waals surface area contributed by atoms with Crippen molar-refractivity contribution in [3.63, 3.8) is 0 Å². The lowest BCUT2D eigenvalue weighted by Crippen LogP contribution is -2.40. The molecule has 4 rings (SSSR count). The van der Waals surface area contributed by atoms with Gasteiger partial charge in [-0.25, -0.2) is 8.42 Å². The zero-order valence-corrected chi connectivity index (χ0v) is 18.8. The highest BCUT2D eigenvalue weighted by molar-refractivity contribution is 7.89. The van der Waals surface area contributed by atoms with Crippen LogP contribution in [0.2, 0.25) is 0 Å². The van der Waals surface area contributed by atoms with Crippen molar-refractivity contribution in [2.45, 2.75) is 24.7 Å². The molecule has 9 heteroatoms. The lowest BCUT2D eigenvalue weighted by Gasteiger charge is -2.30. The molecule has 2 aromatic carbocycles. The summed E-state index contributed by atoms with van der Waals surface area (Å²) < 4.78 is 49.3. The van der Waals surface area contributed by atoms with Crippen molar-refractivity contribution in [1.82, 2.24) is 4.31 Å². The number of sulfonamides is 1. The van der Waals surface area contributed by atoms with Crippen molar-refractivity contribution in [3.8, 4) is 17.2 Å². The molecule has 0 N–H and O–H groups in total. The third-order valence-electron chi connectivity index (χ3n) is 5.56. The lowest BCUT2D eigenvalue weighted by molar-refractivity contribution is -0.150. The van der Waals surface area contributed by atoms with Gasteiger partial charge in [-0.2, -0.15) is 4.31 Å². The standard InChI is InChI=1S/C23H27NO7S/c1-17-2-4-19(5-3-17)28-12-15-31-23(25)18-8-10-24(11-9-18)32(26,27)20-6-7-21-22(16-20)30-14-13-29-21/h2-7,16,18H,8-15H2,1H3. The highest BCUT2D eigenvalue weighted by Gasteiger charge is 2.33. The number of aryl methyl sites for hydroxylation is 1. The van der Waals surface area contributed by atoms with E-state index in [2.05, 4.69) is 0 Å². The van der Waals surface area contributed by atoms with Crippen LogP contribution in [0.1, 0.15) is 18.4 Å². The van der Waals surface area contributed by atoms with Crippen LogP contribution in [-0.4, -0.2) is 58.2 Å². The number of rotatable bonds is 7. The first-order valence-corrected chi connectivity index (χ1v) is 12.1. The number of nitrogens with zero attached hydrogens (tertiary/aromatic N) is 1. The van der Waals surface area contributed by atoms with E-state index in [9.17, 15) is 13.2 Å². The average molecular weight is 462 g/mol. The number of benzene rings is 2. The average Bonchev–Trinajstić information content (AvgIpc) is 2.82. The predicted molar refractivity (Wildman–Crippen MR) is 117 cm³/mol. The Labute approximate surface area is 188 Å². The summed E-state index contributed by atoms with van der Waals surface area (Å²) in [5.41, 5.74) is 1.14. The van der Waals surface area contributed by atoms with Crippen LogP contribution in [0.5, 0.6) is 17.2 Å². The Morgan fingerprint density at radius 1 is 1.00 bits per heavy atom. The van der Waals surface area contributed by atoms with Crippen LogP contribution in [0.4, 0.5) is 0 Å². The Kier molecular flexibility index (Phi) is 6.86. The molecule has 2 aliphatic rings. The SMILES string of the molecule is Cc1ccc(OCCOC(=O)C2CCN(S(=O)(=O)c3ccc4c(c3)OCCO4)CC2)cc1. The normalized spacial score (nSPS) is 17.0. The van der Waals surface area contributed by atoms with Gasteiger partial charge in [0, 0.05) is 19.2 Å². The minimum absolute atomic E-state index is 0.155. The molecule has 0 aromatic heterocycles. The molecule has 8 nitrogen and oxygen atoms in total. The fraction of sp³-hybridized carbons (Fsp3) is 0.435. The molecule has 2 heterocycles. The monoisotopic (exact) mass is 461 g/mol. The summed E-state index contributed by atoms with van der Waals surface area (Å²) in [6, 6.07) is 12.3. The number of carbonyl (C=O) groups is 1. The molecule has 0 spiro atoms. The predicted octanol–water partition coefficient (Wildman–Crippen LogP) is 2.79. The molecule has 0 unspecified atom stereocenters. The topological polar surface area (TPSA) is 91.4 Å². The third-order valence-corrected chi connectivity index (χ3v) is 7.45. The minimum atomic E-state index is -3.67. The molecule has 0 radical (unpaired) electrons. The highest BCUT2D eigenvalue weighted by atomic mass is 32.2. The molecule has 2 aromatic rings. The molecule has 0 aliphatic carbocycles. The van der Waals surface area contributed by atoms with Gasteiger partial charge in [0.2, 0.25) is 10.0 Å². The molecule has 0 amide bonds. The summed E-state index contributed by atoms with van der Waals surface area (Å²) in [4.78, 5) is 12.5. The lowest BCUT2D eigenvalue weighted by atomic mass is 9.98. The minimum Gasteiger partial charge on any atom is -0.490 e. The molecule has 32 heavy (non-hydrogen) atoms. The maximum atomic E-state index is 13.0. The van der Waals surface area contributed by atoms with Crippen LogP contribution >= 0.6 is 0 Å². The van der Waals surface area contributed by atoms with E-state index in [0.29, 0.717) is 37.6 Å². The Morgan fingerprint density at radius 3 is 2.41 bits per heavy atom. The second-order valence-electron chi connectivity index (χ2n) is 7.81. The van der Waals surface area contributed by atoms with Crippen molar-refractivity contribution in [3.05, 3.63) is 48.0 Å². The Balaban J connectivity index is 1.25. The van der Waals surface area contributed by atoms with E-state index in [0.717, 1.165) is 11.3 Å². The Hall–Kier alpha value is -2.78. The number of piperidine rings is 1. The van der Waals surface area contributed by atoms with Gasteiger partial charge in [-0.1, -0.05) is 17.7 Å². The number of fused-ring (bicyclic) bond motifs is 1. The second kappa shape index (κ2) is 9.79. The molecule has 2 aliphatic heterocycles. The van der Waals surface area contributed by atoms with Crippen LogP contribution in [-0.2, 0) is 19.6 Å². The van der Waals surface area contributed by atoms with E-state index in [4.69, 9.17) is 18.9 Å². The van der Waals surface area contributed by atoms with Crippen LogP contribution in [0.3, 0.4) is 0 Å². The maximum Gasteiger partial charge on any atom is 0.309 e. The van der Waals surface area contributed by atoms with Crippen LogP contribution < -0.4 is 14.2 Å². The quantitative estimate of drug-likeness (QED) is 0.463. The van der Waals surface area contributed by atoms with Gasteiger partial charge in [0.25, 0.3) is 0 Å². The molecular formula is C23H27NO7S. The van der Waals surface area contributed by atoms with E-state index in [-0.39, 0.29) is 43.1 Å². The smallest absolute Gasteiger partial charge is 0.309 e. The largest absolute Gasteiger partial charge is 0.490 e. The highest BCUT2D eigenvalue weighted by Crippen LogP contribution is 2.34. The number of hydrogen-bond donors (Lipinski definition) is 0. The second-order valence-corrected chi connectivity index (χ2v) is 9.75. The molecule has 0 saturated carbocycles.